The topological polar surface area (TPSA) is 85.3 Å². The molecule has 9 heteroatoms. The average molecular weight is 517 g/mol. The van der Waals surface area contributed by atoms with E-state index >= 15 is 0 Å². The minimum Gasteiger partial charge on any atom is -0.493 e. The van der Waals surface area contributed by atoms with Gasteiger partial charge in [-0.05, 0) is 73.0 Å². The van der Waals surface area contributed by atoms with Gasteiger partial charge in [-0.25, -0.2) is 0 Å². The van der Waals surface area contributed by atoms with Gasteiger partial charge >= 0.3 is 0 Å². The van der Waals surface area contributed by atoms with Crippen molar-refractivity contribution < 1.29 is 22.7 Å². The van der Waals surface area contributed by atoms with Crippen molar-refractivity contribution in [2.45, 2.75) is 51.3 Å². The van der Waals surface area contributed by atoms with E-state index < -0.39 is 10.0 Å². The molecule has 3 rings (SSSR count). The molecule has 0 N–H and O–H groups in total. The molecule has 0 bridgehead atoms. The first-order valence-electron chi connectivity index (χ1n) is 11.8. The standard InChI is InChI=1S/C26H32N2O5S2/c1-5-8-9-16-33-22-15-12-20(17-23(22)32-4)18-24-25(29)28(7-3)26(34-24)27-35(30,31)21-13-10-19(6-2)11-14-21/h10-15,17-18H,5-9,16H2,1-4H3/b24-18-,27-26?. The van der Waals surface area contributed by atoms with Crippen LogP contribution >= 0.6 is 11.8 Å². The minimum absolute atomic E-state index is 0.1000. The summed E-state index contributed by atoms with van der Waals surface area (Å²) in [5.41, 5.74) is 1.78. The molecule has 0 aliphatic carbocycles. The van der Waals surface area contributed by atoms with E-state index in [4.69, 9.17) is 9.47 Å². The van der Waals surface area contributed by atoms with Crippen LogP contribution in [0.3, 0.4) is 0 Å². The zero-order chi connectivity index (χ0) is 25.4. The van der Waals surface area contributed by atoms with Gasteiger partial charge in [-0.1, -0.05) is 44.9 Å². The van der Waals surface area contributed by atoms with E-state index in [0.29, 0.717) is 29.6 Å². The highest BCUT2D eigenvalue weighted by atomic mass is 32.2. The van der Waals surface area contributed by atoms with Crippen LogP contribution in [0.25, 0.3) is 6.08 Å². The lowest BCUT2D eigenvalue weighted by molar-refractivity contribution is -0.122. The molecule has 7 nitrogen and oxygen atoms in total. The molecule has 0 atom stereocenters. The predicted octanol–water partition coefficient (Wildman–Crippen LogP) is 5.51. The number of amidine groups is 1. The quantitative estimate of drug-likeness (QED) is 0.289. The van der Waals surface area contributed by atoms with Crippen molar-refractivity contribution in [3.05, 3.63) is 58.5 Å². The molecule has 2 aromatic rings. The first-order valence-corrected chi connectivity index (χ1v) is 14.0. The van der Waals surface area contributed by atoms with E-state index in [1.165, 1.54) is 4.90 Å². The Bertz CT molecular complexity index is 1200. The van der Waals surface area contributed by atoms with Gasteiger partial charge in [0.1, 0.15) is 0 Å². The van der Waals surface area contributed by atoms with E-state index in [-0.39, 0.29) is 16.0 Å². The zero-order valence-electron chi connectivity index (χ0n) is 20.6. The molecule has 1 aliphatic rings. The molecule has 0 aromatic heterocycles. The van der Waals surface area contributed by atoms with Gasteiger partial charge in [0.15, 0.2) is 16.7 Å². The van der Waals surface area contributed by atoms with Crippen LogP contribution < -0.4 is 9.47 Å². The van der Waals surface area contributed by atoms with Crippen molar-refractivity contribution in [3.8, 4) is 11.5 Å². The van der Waals surface area contributed by atoms with Gasteiger partial charge in [-0.15, -0.1) is 4.40 Å². The van der Waals surface area contributed by atoms with Crippen molar-refractivity contribution in [3.63, 3.8) is 0 Å². The maximum atomic E-state index is 13.0. The van der Waals surface area contributed by atoms with E-state index in [9.17, 15) is 13.2 Å². The van der Waals surface area contributed by atoms with Gasteiger partial charge in [-0.2, -0.15) is 8.42 Å². The summed E-state index contributed by atoms with van der Waals surface area (Å²) >= 11 is 1.05. The van der Waals surface area contributed by atoms with E-state index in [2.05, 4.69) is 11.3 Å². The highest BCUT2D eigenvalue weighted by Gasteiger charge is 2.34. The van der Waals surface area contributed by atoms with Crippen molar-refractivity contribution >= 4 is 38.9 Å². The zero-order valence-corrected chi connectivity index (χ0v) is 22.2. The van der Waals surface area contributed by atoms with Crippen molar-refractivity contribution in [2.75, 3.05) is 20.3 Å². The number of carbonyl (C=O) groups excluding carboxylic acids is 1. The second kappa shape index (κ2) is 12.3. The summed E-state index contributed by atoms with van der Waals surface area (Å²) in [7, 11) is -2.38. The molecular formula is C26H32N2O5S2. The number of rotatable bonds is 11. The molecule has 0 spiro atoms. The average Bonchev–Trinajstić information content (AvgIpc) is 3.15. The van der Waals surface area contributed by atoms with Crippen molar-refractivity contribution in [2.24, 2.45) is 4.40 Å². The summed E-state index contributed by atoms with van der Waals surface area (Å²) in [6.45, 7) is 6.84. The summed E-state index contributed by atoms with van der Waals surface area (Å²) < 4.78 is 41.1. The second-order valence-electron chi connectivity index (χ2n) is 7.97. The van der Waals surface area contributed by atoms with Crippen LogP contribution in [0.15, 0.2) is 56.7 Å². The van der Waals surface area contributed by atoms with E-state index in [1.807, 2.05) is 19.1 Å². The number of sulfonamides is 1. The summed E-state index contributed by atoms with van der Waals surface area (Å²) in [5, 5.41) is 0.145. The SMILES string of the molecule is CCCCCOc1ccc(/C=C2\SC(=NS(=O)(=O)c3ccc(CC)cc3)N(CC)C2=O)cc1OC. The molecule has 2 aromatic carbocycles. The molecule has 1 aliphatic heterocycles. The number of aryl methyl sites for hydroxylation is 1. The molecule has 1 fully saturated rings. The molecule has 1 amide bonds. The van der Waals surface area contributed by atoms with Gasteiger partial charge in [-0.3, -0.25) is 9.69 Å². The smallest absolute Gasteiger partial charge is 0.284 e. The minimum atomic E-state index is -3.95. The Morgan fingerprint density at radius 1 is 1.03 bits per heavy atom. The van der Waals surface area contributed by atoms with Gasteiger partial charge in [0.2, 0.25) is 0 Å². The normalized spacial score (nSPS) is 16.3. The van der Waals surface area contributed by atoms with Gasteiger partial charge in [0.05, 0.1) is 23.5 Å². The lowest BCUT2D eigenvalue weighted by Crippen LogP contribution is -2.29. The first kappa shape index (κ1) is 26.8. The summed E-state index contributed by atoms with van der Waals surface area (Å²) in [6, 6.07) is 12.1. The summed E-state index contributed by atoms with van der Waals surface area (Å²) in [5.74, 6) is 0.936. The maximum Gasteiger partial charge on any atom is 0.284 e. The number of ether oxygens (including phenoxy) is 2. The number of amides is 1. The highest BCUT2D eigenvalue weighted by Crippen LogP contribution is 2.35. The van der Waals surface area contributed by atoms with Crippen LogP contribution in [-0.4, -0.2) is 44.7 Å². The molecular weight excluding hydrogens is 484 g/mol. The van der Waals surface area contributed by atoms with Crippen molar-refractivity contribution in [1.29, 1.82) is 0 Å². The lowest BCUT2D eigenvalue weighted by atomic mass is 10.2. The fraction of sp³-hybridized carbons (Fsp3) is 0.385. The molecule has 1 saturated heterocycles. The Kier molecular flexibility index (Phi) is 9.40. The lowest BCUT2D eigenvalue weighted by Gasteiger charge is -2.12. The Labute approximate surface area is 212 Å². The number of hydrogen-bond acceptors (Lipinski definition) is 6. The van der Waals surface area contributed by atoms with Crippen LogP contribution in [-0.2, 0) is 21.2 Å². The van der Waals surface area contributed by atoms with Crippen LogP contribution in [0.2, 0.25) is 0 Å². The Hall–Kier alpha value is -2.78. The molecule has 1 heterocycles. The number of thioether (sulfide) groups is 1. The van der Waals surface area contributed by atoms with Gasteiger partial charge in [0, 0.05) is 6.54 Å². The Morgan fingerprint density at radius 3 is 2.40 bits per heavy atom. The number of unbranched alkanes of at least 4 members (excludes halogenated alkanes) is 2. The second-order valence-corrected chi connectivity index (χ2v) is 10.6. The fourth-order valence-corrected chi connectivity index (χ4v) is 5.73. The number of likely N-dealkylation sites (N-methyl/N-ethyl adjacent to an activating group) is 1. The van der Waals surface area contributed by atoms with E-state index in [0.717, 1.165) is 48.6 Å². The molecule has 0 radical (unpaired) electrons. The largest absolute Gasteiger partial charge is 0.493 e. The number of carbonyl (C=O) groups is 1. The van der Waals surface area contributed by atoms with Crippen LogP contribution in [0.5, 0.6) is 11.5 Å². The third-order valence-electron chi connectivity index (χ3n) is 5.52. The number of nitrogens with zero attached hydrogens (tertiary/aromatic N) is 2. The van der Waals surface area contributed by atoms with Gasteiger partial charge < -0.3 is 9.47 Å². The van der Waals surface area contributed by atoms with Crippen LogP contribution in [0.1, 0.15) is 51.2 Å². The van der Waals surface area contributed by atoms with Crippen molar-refractivity contribution in [1.82, 2.24) is 4.90 Å². The monoisotopic (exact) mass is 516 g/mol. The maximum absolute atomic E-state index is 13.0. The predicted molar refractivity (Wildman–Crippen MR) is 141 cm³/mol. The van der Waals surface area contributed by atoms with E-state index in [1.54, 1.807) is 50.4 Å². The molecule has 0 unspecified atom stereocenters. The number of hydrogen-bond donors (Lipinski definition) is 0. The molecule has 188 valence electrons. The summed E-state index contributed by atoms with van der Waals surface area (Å²) in [4.78, 5) is 14.8. The van der Waals surface area contributed by atoms with Crippen LogP contribution in [0, 0.1) is 0 Å². The molecule has 0 saturated carbocycles. The first-order chi connectivity index (χ1) is 16.8. The highest BCUT2D eigenvalue weighted by molar-refractivity contribution is 8.19. The Morgan fingerprint density at radius 2 is 1.77 bits per heavy atom. The molecule has 35 heavy (non-hydrogen) atoms. The Balaban J connectivity index is 1.84. The summed E-state index contributed by atoms with van der Waals surface area (Å²) in [6.07, 6.45) is 5.71. The number of benzene rings is 2. The third-order valence-corrected chi connectivity index (χ3v) is 7.93. The van der Waals surface area contributed by atoms with Gasteiger partial charge in [0.25, 0.3) is 15.9 Å². The number of methoxy groups -OCH3 is 1. The van der Waals surface area contributed by atoms with Crippen LogP contribution in [0.4, 0.5) is 0 Å². The fourth-order valence-electron chi connectivity index (χ4n) is 3.49. The third kappa shape index (κ3) is 6.67.